The number of benzene rings is 1. The van der Waals surface area contributed by atoms with E-state index in [4.69, 9.17) is 4.74 Å². The Bertz CT molecular complexity index is 546. The predicted molar refractivity (Wildman–Crippen MR) is 56.8 cm³/mol. The van der Waals surface area contributed by atoms with E-state index in [1.54, 1.807) is 12.1 Å². The number of hydrogen-bond donors (Lipinski definition) is 1. The van der Waals surface area contributed by atoms with Crippen LogP contribution in [0.25, 0.3) is 11.1 Å². The fourth-order valence-corrected chi connectivity index (χ4v) is 1.35. The molecule has 0 fully saturated rings. The lowest BCUT2D eigenvalue weighted by atomic mass is 10.1. The molecule has 2 rings (SSSR count). The maximum Gasteiger partial charge on any atom is 0.344 e. The second kappa shape index (κ2) is 4.14. The van der Waals surface area contributed by atoms with Crippen LogP contribution < -0.4 is 10.4 Å². The van der Waals surface area contributed by atoms with Crippen molar-refractivity contribution in [3.05, 3.63) is 46.9 Å². The van der Waals surface area contributed by atoms with Crippen molar-refractivity contribution in [3.63, 3.8) is 0 Å². The topological polar surface area (TPSA) is 55.0 Å². The molecule has 82 valence electrons. The molecule has 4 nitrogen and oxygen atoms in total. The first kappa shape index (κ1) is 10.4. The molecular weight excluding hydrogens is 211 g/mol. The molecule has 16 heavy (non-hydrogen) atoms. The Hall–Kier alpha value is -2.17. The number of rotatable bonds is 2. The van der Waals surface area contributed by atoms with Crippen molar-refractivity contribution in [3.8, 4) is 16.9 Å². The van der Waals surface area contributed by atoms with Crippen molar-refractivity contribution in [1.82, 2.24) is 9.97 Å². The lowest BCUT2D eigenvalue weighted by molar-refractivity contribution is 0.411. The molecule has 5 heteroatoms. The van der Waals surface area contributed by atoms with Crippen LogP contribution in [-0.4, -0.2) is 17.1 Å². The molecule has 1 aromatic heterocycles. The Labute approximate surface area is 90.7 Å². The number of nitrogens with one attached hydrogen (secondary N) is 1. The minimum Gasteiger partial charge on any atom is -0.497 e. The molecule has 0 spiro atoms. The van der Waals surface area contributed by atoms with Crippen LogP contribution in [-0.2, 0) is 0 Å². The fourth-order valence-electron chi connectivity index (χ4n) is 1.35. The van der Waals surface area contributed by atoms with Crippen LogP contribution in [0.15, 0.2) is 35.4 Å². The number of aromatic amines is 1. The van der Waals surface area contributed by atoms with Crippen molar-refractivity contribution in [2.24, 2.45) is 0 Å². The van der Waals surface area contributed by atoms with Gasteiger partial charge in [0.2, 0.25) is 0 Å². The molecule has 1 heterocycles. The SMILES string of the molecule is COc1ccc(-c2cnc(=O)[nH]c2)c(F)c1. The molecule has 0 aliphatic carbocycles. The maximum absolute atomic E-state index is 13.6. The Morgan fingerprint density at radius 1 is 1.44 bits per heavy atom. The van der Waals surface area contributed by atoms with E-state index >= 15 is 0 Å². The summed E-state index contributed by atoms with van der Waals surface area (Å²) in [6.45, 7) is 0. The van der Waals surface area contributed by atoms with Gasteiger partial charge in [0, 0.05) is 29.6 Å². The first-order valence-electron chi connectivity index (χ1n) is 4.59. The third kappa shape index (κ3) is 1.93. The molecule has 2 aromatic rings. The summed E-state index contributed by atoms with van der Waals surface area (Å²) in [5.41, 5.74) is 0.418. The quantitative estimate of drug-likeness (QED) is 0.836. The molecule has 0 saturated carbocycles. The molecule has 1 N–H and O–H groups in total. The molecule has 0 saturated heterocycles. The van der Waals surface area contributed by atoms with Gasteiger partial charge in [0.15, 0.2) is 0 Å². The lowest BCUT2D eigenvalue weighted by Crippen LogP contribution is -2.08. The normalized spacial score (nSPS) is 10.1. The van der Waals surface area contributed by atoms with Gasteiger partial charge >= 0.3 is 5.69 Å². The third-order valence-corrected chi connectivity index (χ3v) is 2.16. The van der Waals surface area contributed by atoms with E-state index in [0.29, 0.717) is 16.9 Å². The number of ether oxygens (including phenoxy) is 1. The molecule has 0 bridgehead atoms. The molecule has 1 aromatic carbocycles. The van der Waals surface area contributed by atoms with Gasteiger partial charge in [-0.1, -0.05) is 0 Å². The Morgan fingerprint density at radius 2 is 2.25 bits per heavy atom. The summed E-state index contributed by atoms with van der Waals surface area (Å²) in [6.07, 6.45) is 2.74. The predicted octanol–water partition coefficient (Wildman–Crippen LogP) is 1.58. The number of H-pyrrole nitrogens is 1. The van der Waals surface area contributed by atoms with Gasteiger partial charge < -0.3 is 9.72 Å². The molecular formula is C11H9FN2O2. The minimum atomic E-state index is -0.460. The average molecular weight is 220 g/mol. The van der Waals surface area contributed by atoms with Crippen LogP contribution in [0.1, 0.15) is 0 Å². The van der Waals surface area contributed by atoms with Gasteiger partial charge in [-0.15, -0.1) is 0 Å². The molecule has 0 amide bonds. The molecule has 0 unspecified atom stereocenters. The summed E-state index contributed by atoms with van der Waals surface area (Å²) in [5, 5.41) is 0. The smallest absolute Gasteiger partial charge is 0.344 e. The van der Waals surface area contributed by atoms with Crippen molar-refractivity contribution >= 4 is 0 Å². The number of hydrogen-bond acceptors (Lipinski definition) is 3. The summed E-state index contributed by atoms with van der Waals surface area (Å²) >= 11 is 0. The summed E-state index contributed by atoms with van der Waals surface area (Å²) in [5.74, 6) is 0.0202. The first-order chi connectivity index (χ1) is 7.70. The van der Waals surface area contributed by atoms with Gasteiger partial charge in [0.05, 0.1) is 7.11 Å². The van der Waals surface area contributed by atoms with Gasteiger partial charge in [0.25, 0.3) is 0 Å². The second-order valence-corrected chi connectivity index (χ2v) is 3.15. The van der Waals surface area contributed by atoms with Crippen LogP contribution in [0.2, 0.25) is 0 Å². The summed E-state index contributed by atoms with van der Waals surface area (Å²) in [7, 11) is 1.47. The highest BCUT2D eigenvalue weighted by atomic mass is 19.1. The van der Waals surface area contributed by atoms with Gasteiger partial charge in [0.1, 0.15) is 11.6 Å². The van der Waals surface area contributed by atoms with E-state index in [2.05, 4.69) is 9.97 Å². The number of nitrogens with zero attached hydrogens (tertiary/aromatic N) is 1. The van der Waals surface area contributed by atoms with Gasteiger partial charge in [-0.3, -0.25) is 0 Å². The zero-order chi connectivity index (χ0) is 11.5. The third-order valence-electron chi connectivity index (χ3n) is 2.16. The van der Waals surface area contributed by atoms with Crippen molar-refractivity contribution in [2.45, 2.75) is 0 Å². The van der Waals surface area contributed by atoms with E-state index < -0.39 is 11.5 Å². The Balaban J connectivity index is 2.48. The van der Waals surface area contributed by atoms with E-state index in [1.807, 2.05) is 0 Å². The Morgan fingerprint density at radius 3 is 2.81 bits per heavy atom. The summed E-state index contributed by atoms with van der Waals surface area (Å²) in [6, 6.07) is 4.49. The zero-order valence-corrected chi connectivity index (χ0v) is 8.53. The molecule has 0 aliphatic heterocycles. The van der Waals surface area contributed by atoms with Crippen LogP contribution >= 0.6 is 0 Å². The monoisotopic (exact) mass is 220 g/mol. The number of methoxy groups -OCH3 is 1. The van der Waals surface area contributed by atoms with Crippen LogP contribution in [0, 0.1) is 5.82 Å². The first-order valence-corrected chi connectivity index (χ1v) is 4.59. The second-order valence-electron chi connectivity index (χ2n) is 3.15. The summed E-state index contributed by atoms with van der Waals surface area (Å²) < 4.78 is 18.5. The molecule has 0 radical (unpaired) electrons. The molecule has 0 atom stereocenters. The highest BCUT2D eigenvalue weighted by Crippen LogP contribution is 2.24. The largest absolute Gasteiger partial charge is 0.497 e. The van der Waals surface area contributed by atoms with Crippen molar-refractivity contribution in [2.75, 3.05) is 7.11 Å². The van der Waals surface area contributed by atoms with E-state index in [9.17, 15) is 9.18 Å². The standard InChI is InChI=1S/C11H9FN2O2/c1-16-8-2-3-9(10(12)4-8)7-5-13-11(15)14-6-7/h2-6H,1H3,(H,13,14,15). The van der Waals surface area contributed by atoms with Crippen LogP contribution in [0.3, 0.4) is 0 Å². The van der Waals surface area contributed by atoms with Gasteiger partial charge in [-0.05, 0) is 12.1 Å². The highest BCUT2D eigenvalue weighted by molar-refractivity contribution is 5.63. The van der Waals surface area contributed by atoms with E-state index in [-0.39, 0.29) is 0 Å². The number of aromatic nitrogens is 2. The minimum absolute atomic E-state index is 0.365. The molecule has 0 aliphatic rings. The fraction of sp³-hybridized carbons (Fsp3) is 0.0909. The number of halogens is 1. The van der Waals surface area contributed by atoms with Crippen molar-refractivity contribution in [1.29, 1.82) is 0 Å². The van der Waals surface area contributed by atoms with Gasteiger partial charge in [-0.2, -0.15) is 0 Å². The zero-order valence-electron chi connectivity index (χ0n) is 8.53. The Kier molecular flexibility index (Phi) is 2.68. The van der Waals surface area contributed by atoms with E-state index in [0.717, 1.165) is 0 Å². The summed E-state index contributed by atoms with van der Waals surface area (Å²) in [4.78, 5) is 16.7. The average Bonchev–Trinajstić information content (AvgIpc) is 2.30. The maximum atomic E-state index is 13.6. The van der Waals surface area contributed by atoms with E-state index in [1.165, 1.54) is 25.6 Å². The van der Waals surface area contributed by atoms with Gasteiger partial charge in [-0.25, -0.2) is 14.2 Å². The van der Waals surface area contributed by atoms with Crippen LogP contribution in [0.4, 0.5) is 4.39 Å². The van der Waals surface area contributed by atoms with Crippen LogP contribution in [0.5, 0.6) is 5.75 Å². The highest BCUT2D eigenvalue weighted by Gasteiger charge is 2.06. The van der Waals surface area contributed by atoms with Crippen molar-refractivity contribution < 1.29 is 9.13 Å². The lowest BCUT2D eigenvalue weighted by Gasteiger charge is -2.04.